The quantitative estimate of drug-likeness (QED) is 0.882. The molecule has 0 radical (unpaired) electrons. The van der Waals surface area contributed by atoms with Crippen molar-refractivity contribution >= 4 is 22.8 Å². The molecule has 2 aromatic heterocycles. The van der Waals surface area contributed by atoms with E-state index in [0.29, 0.717) is 6.42 Å². The summed E-state index contributed by atoms with van der Waals surface area (Å²) in [6, 6.07) is 1.95. The van der Waals surface area contributed by atoms with Crippen LogP contribution in [0.3, 0.4) is 0 Å². The fourth-order valence-corrected chi connectivity index (χ4v) is 2.98. The predicted octanol–water partition coefficient (Wildman–Crippen LogP) is 1.95. The zero-order valence-corrected chi connectivity index (χ0v) is 12.6. The zero-order chi connectivity index (χ0) is 16.2. The summed E-state index contributed by atoms with van der Waals surface area (Å²) in [5, 5.41) is 3.25. The maximum absolute atomic E-state index is 12.1. The molecule has 0 saturated carbocycles. The Morgan fingerprint density at radius 3 is 2.91 bits per heavy atom. The Labute approximate surface area is 132 Å². The highest BCUT2D eigenvalue weighted by Gasteiger charge is 2.23. The van der Waals surface area contributed by atoms with Crippen LogP contribution in [0.5, 0.6) is 0 Å². The number of hydrogen-bond donors (Lipinski definition) is 2. The Morgan fingerprint density at radius 1 is 1.39 bits per heavy atom. The normalized spacial score (nSPS) is 16.2. The molecular weight excluding hydrogens is 304 g/mol. The number of H-pyrrole nitrogens is 1. The molecule has 3 heterocycles. The van der Waals surface area contributed by atoms with Crippen molar-refractivity contribution in [2.75, 3.05) is 24.5 Å². The number of alkyl halides is 2. The van der Waals surface area contributed by atoms with Crippen LogP contribution in [0.4, 0.5) is 14.6 Å². The Bertz CT molecular complexity index is 667. The van der Waals surface area contributed by atoms with Crippen LogP contribution in [0.25, 0.3) is 11.0 Å². The first-order chi connectivity index (χ1) is 11.1. The number of fused-ring (bicyclic) bond motifs is 1. The Hall–Kier alpha value is -2.25. The second-order valence-corrected chi connectivity index (χ2v) is 5.77. The van der Waals surface area contributed by atoms with Crippen molar-refractivity contribution in [2.24, 2.45) is 5.92 Å². The van der Waals surface area contributed by atoms with Crippen LogP contribution >= 0.6 is 0 Å². The minimum atomic E-state index is -2.50. The van der Waals surface area contributed by atoms with Crippen molar-refractivity contribution in [1.29, 1.82) is 0 Å². The first kappa shape index (κ1) is 15.6. The predicted molar refractivity (Wildman–Crippen MR) is 82.5 cm³/mol. The van der Waals surface area contributed by atoms with E-state index in [4.69, 9.17) is 0 Å². The fraction of sp³-hybridized carbons (Fsp3) is 0.533. The van der Waals surface area contributed by atoms with Crippen LogP contribution in [0.2, 0.25) is 0 Å². The van der Waals surface area contributed by atoms with Gasteiger partial charge in [-0.15, -0.1) is 0 Å². The minimum absolute atomic E-state index is 0.229. The number of anilines is 1. The number of hydrogen-bond acceptors (Lipinski definition) is 4. The van der Waals surface area contributed by atoms with Gasteiger partial charge in [0, 0.05) is 25.7 Å². The van der Waals surface area contributed by atoms with E-state index < -0.39 is 13.0 Å². The number of piperidine rings is 1. The van der Waals surface area contributed by atoms with Gasteiger partial charge in [-0.3, -0.25) is 4.79 Å². The monoisotopic (exact) mass is 323 g/mol. The van der Waals surface area contributed by atoms with E-state index >= 15 is 0 Å². The van der Waals surface area contributed by atoms with E-state index in [9.17, 15) is 13.6 Å². The number of carbonyl (C=O) groups is 1. The molecule has 2 aromatic rings. The van der Waals surface area contributed by atoms with Crippen LogP contribution in [0.15, 0.2) is 18.6 Å². The molecule has 0 unspecified atom stereocenters. The summed E-state index contributed by atoms with van der Waals surface area (Å²) < 4.78 is 24.2. The molecule has 0 atom stereocenters. The summed E-state index contributed by atoms with van der Waals surface area (Å²) in [6.45, 7) is 1.03. The maximum Gasteiger partial charge on any atom is 0.255 e. The van der Waals surface area contributed by atoms with Gasteiger partial charge in [-0.2, -0.15) is 0 Å². The lowest BCUT2D eigenvalue weighted by Gasteiger charge is -2.32. The molecule has 3 rings (SSSR count). The summed E-state index contributed by atoms with van der Waals surface area (Å²) in [5.41, 5.74) is 0.809. The number of amides is 1. The Morgan fingerprint density at radius 2 is 2.17 bits per heavy atom. The number of carbonyl (C=O) groups excluding carboxylic acids is 1. The van der Waals surface area contributed by atoms with Crippen LogP contribution in [0.1, 0.15) is 19.3 Å². The van der Waals surface area contributed by atoms with Gasteiger partial charge in [-0.1, -0.05) is 0 Å². The highest BCUT2D eigenvalue weighted by atomic mass is 19.3. The average molecular weight is 323 g/mol. The molecule has 1 fully saturated rings. The van der Waals surface area contributed by atoms with Crippen molar-refractivity contribution in [2.45, 2.75) is 25.7 Å². The molecule has 2 N–H and O–H groups in total. The summed E-state index contributed by atoms with van der Waals surface area (Å²) in [5.74, 6) is 0.836. The van der Waals surface area contributed by atoms with Gasteiger partial charge in [0.15, 0.2) is 0 Å². The van der Waals surface area contributed by atoms with Gasteiger partial charge in [0.25, 0.3) is 6.43 Å². The van der Waals surface area contributed by atoms with Gasteiger partial charge in [0.05, 0.1) is 11.9 Å². The van der Waals surface area contributed by atoms with Crippen molar-refractivity contribution in [1.82, 2.24) is 20.3 Å². The first-order valence-electron chi connectivity index (χ1n) is 7.71. The largest absolute Gasteiger partial charge is 0.356 e. The molecule has 0 aromatic carbocycles. The summed E-state index contributed by atoms with van der Waals surface area (Å²) in [7, 11) is 0. The molecule has 6 nitrogen and oxygen atoms in total. The summed E-state index contributed by atoms with van der Waals surface area (Å²) >= 11 is 0. The molecule has 124 valence electrons. The molecule has 0 bridgehead atoms. The van der Waals surface area contributed by atoms with Crippen LogP contribution < -0.4 is 10.2 Å². The van der Waals surface area contributed by atoms with Crippen LogP contribution in [-0.2, 0) is 4.79 Å². The molecule has 0 spiro atoms. The van der Waals surface area contributed by atoms with Gasteiger partial charge in [-0.25, -0.2) is 18.7 Å². The third-order valence-corrected chi connectivity index (χ3v) is 4.17. The molecule has 1 amide bonds. The maximum atomic E-state index is 12.1. The molecule has 0 aliphatic carbocycles. The van der Waals surface area contributed by atoms with E-state index in [1.165, 1.54) is 6.33 Å². The van der Waals surface area contributed by atoms with Crippen molar-refractivity contribution in [3.63, 3.8) is 0 Å². The van der Waals surface area contributed by atoms with Crippen LogP contribution in [0, 0.1) is 5.92 Å². The van der Waals surface area contributed by atoms with Gasteiger partial charge >= 0.3 is 0 Å². The number of rotatable bonds is 5. The van der Waals surface area contributed by atoms with Crippen molar-refractivity contribution in [3.05, 3.63) is 18.6 Å². The van der Waals surface area contributed by atoms with Crippen molar-refractivity contribution in [3.8, 4) is 0 Å². The lowest BCUT2D eigenvalue weighted by atomic mass is 9.93. The number of halogens is 2. The highest BCUT2D eigenvalue weighted by molar-refractivity contribution is 5.87. The summed E-state index contributed by atoms with van der Waals surface area (Å²) in [4.78, 5) is 25.4. The highest BCUT2D eigenvalue weighted by Crippen LogP contribution is 2.28. The standard InChI is InChI=1S/C15H19F2N5O/c16-12(17)8-19-13(23)7-10-2-5-22(6-3-10)15-11-1-4-18-14(11)20-9-21-15/h1,4,9-10,12H,2-3,5-8H2,(H,19,23)(H,18,20,21). The van der Waals surface area contributed by atoms with E-state index in [-0.39, 0.29) is 11.8 Å². The molecule has 1 aliphatic heterocycles. The lowest BCUT2D eigenvalue weighted by molar-refractivity contribution is -0.122. The summed E-state index contributed by atoms with van der Waals surface area (Å²) in [6.07, 6.45) is 2.88. The van der Waals surface area contributed by atoms with Gasteiger partial charge in [0.2, 0.25) is 5.91 Å². The smallest absolute Gasteiger partial charge is 0.255 e. The third kappa shape index (κ3) is 3.75. The van der Waals surface area contributed by atoms with E-state index in [1.54, 1.807) is 0 Å². The van der Waals surface area contributed by atoms with E-state index in [0.717, 1.165) is 42.8 Å². The topological polar surface area (TPSA) is 73.9 Å². The van der Waals surface area contributed by atoms with Crippen molar-refractivity contribution < 1.29 is 13.6 Å². The number of aromatic amines is 1. The SMILES string of the molecule is O=C(CC1CCN(c2ncnc3[nH]ccc23)CC1)NCC(F)F. The molecular formula is C15H19F2N5O. The molecule has 8 heteroatoms. The Kier molecular flexibility index (Phi) is 4.68. The molecule has 1 saturated heterocycles. The van der Waals surface area contributed by atoms with Gasteiger partial charge < -0.3 is 15.2 Å². The number of nitrogens with zero attached hydrogens (tertiary/aromatic N) is 3. The second-order valence-electron chi connectivity index (χ2n) is 5.77. The van der Waals surface area contributed by atoms with Gasteiger partial charge in [-0.05, 0) is 24.8 Å². The second kappa shape index (κ2) is 6.89. The third-order valence-electron chi connectivity index (χ3n) is 4.17. The number of aromatic nitrogens is 3. The Balaban J connectivity index is 1.54. The minimum Gasteiger partial charge on any atom is -0.356 e. The fourth-order valence-electron chi connectivity index (χ4n) is 2.98. The number of nitrogens with one attached hydrogen (secondary N) is 2. The molecule has 1 aliphatic rings. The van der Waals surface area contributed by atoms with Gasteiger partial charge in [0.1, 0.15) is 17.8 Å². The van der Waals surface area contributed by atoms with E-state index in [2.05, 4.69) is 25.2 Å². The zero-order valence-electron chi connectivity index (χ0n) is 12.6. The van der Waals surface area contributed by atoms with Crippen LogP contribution in [-0.4, -0.2) is 46.9 Å². The first-order valence-corrected chi connectivity index (χ1v) is 7.71. The lowest BCUT2D eigenvalue weighted by Crippen LogP contribution is -2.37. The molecule has 23 heavy (non-hydrogen) atoms. The average Bonchev–Trinajstić information content (AvgIpc) is 3.02. The van der Waals surface area contributed by atoms with E-state index in [1.807, 2.05) is 12.3 Å².